The number of hydrogen-bond acceptors (Lipinski definition) is 5. The number of aryl methyl sites for hydroxylation is 1. The molecule has 0 bridgehead atoms. The zero-order valence-electron chi connectivity index (χ0n) is 11.1. The van der Waals surface area contributed by atoms with Crippen molar-refractivity contribution < 1.29 is 28.9 Å². The summed E-state index contributed by atoms with van der Waals surface area (Å²) in [6.07, 6.45) is -2.26. The molecule has 0 aliphatic heterocycles. The molecule has 0 saturated carbocycles. The number of halogens is 1. The molecule has 2 atom stereocenters. The quantitative estimate of drug-likeness (QED) is 0.703. The molecule has 0 aliphatic carbocycles. The van der Waals surface area contributed by atoms with E-state index in [0.717, 1.165) is 0 Å². The number of nitrogens with two attached hydrogens (primary N) is 1. The number of carbonyl (C=O) groups is 2. The van der Waals surface area contributed by atoms with Gasteiger partial charge in [0.15, 0.2) is 0 Å². The first kappa shape index (κ1) is 15.9. The largest absolute Gasteiger partial charge is 0.507 e. The Morgan fingerprint density at radius 2 is 2.05 bits per heavy atom. The van der Waals surface area contributed by atoms with E-state index in [9.17, 15) is 19.1 Å². The van der Waals surface area contributed by atoms with Gasteiger partial charge in [-0.25, -0.2) is 14.0 Å². The van der Waals surface area contributed by atoms with Gasteiger partial charge in [0.2, 0.25) is 6.17 Å². The van der Waals surface area contributed by atoms with E-state index in [2.05, 4.69) is 4.74 Å². The number of aromatic hydroxyl groups is 1. The molecule has 0 radical (unpaired) electrons. The zero-order chi connectivity index (χ0) is 15.4. The van der Waals surface area contributed by atoms with E-state index >= 15 is 0 Å². The molecule has 1 rings (SSSR count). The summed E-state index contributed by atoms with van der Waals surface area (Å²) >= 11 is 0. The fourth-order valence-electron chi connectivity index (χ4n) is 1.76. The van der Waals surface area contributed by atoms with Gasteiger partial charge in [0.05, 0.1) is 18.2 Å². The van der Waals surface area contributed by atoms with Crippen LogP contribution in [0.3, 0.4) is 0 Å². The fraction of sp³-hybridized carbons (Fsp3) is 0.385. The third kappa shape index (κ3) is 3.05. The summed E-state index contributed by atoms with van der Waals surface area (Å²) < 4.78 is 18.4. The highest BCUT2D eigenvalue weighted by molar-refractivity contribution is 5.91. The van der Waals surface area contributed by atoms with Gasteiger partial charge < -0.3 is 20.7 Å². The van der Waals surface area contributed by atoms with Crippen molar-refractivity contribution in [2.24, 2.45) is 5.73 Å². The molecule has 4 N–H and O–H groups in total. The second-order valence-corrected chi connectivity index (χ2v) is 4.18. The number of alkyl halides is 1. The average molecular weight is 285 g/mol. The van der Waals surface area contributed by atoms with Crippen LogP contribution in [0.4, 0.5) is 4.39 Å². The van der Waals surface area contributed by atoms with Crippen molar-refractivity contribution in [3.05, 3.63) is 28.8 Å². The maximum Gasteiger partial charge on any atom is 0.342 e. The van der Waals surface area contributed by atoms with E-state index < -0.39 is 29.9 Å². The number of carbonyl (C=O) groups excluding carboxylic acids is 1. The second-order valence-electron chi connectivity index (χ2n) is 4.18. The van der Waals surface area contributed by atoms with Crippen LogP contribution in [0.5, 0.6) is 5.75 Å². The Kier molecular flexibility index (Phi) is 5.04. The summed E-state index contributed by atoms with van der Waals surface area (Å²) in [5.41, 5.74) is 5.23. The number of hydrogen-bond donors (Lipinski definition) is 3. The van der Waals surface area contributed by atoms with Crippen molar-refractivity contribution in [1.29, 1.82) is 0 Å². The highest BCUT2D eigenvalue weighted by Crippen LogP contribution is 2.33. The molecule has 1 unspecified atom stereocenters. The lowest BCUT2D eigenvalue weighted by atomic mass is 9.94. The highest BCUT2D eigenvalue weighted by atomic mass is 19.1. The number of esters is 1. The molecule has 110 valence electrons. The summed E-state index contributed by atoms with van der Waals surface area (Å²) in [5.74, 6) is -3.01. The summed E-state index contributed by atoms with van der Waals surface area (Å²) in [7, 11) is 0. The van der Waals surface area contributed by atoms with Gasteiger partial charge in [-0.1, -0.05) is 6.07 Å². The predicted octanol–water partition coefficient (Wildman–Crippen LogP) is 1.30. The van der Waals surface area contributed by atoms with Crippen LogP contribution >= 0.6 is 0 Å². The van der Waals surface area contributed by atoms with E-state index in [1.165, 1.54) is 26.0 Å². The van der Waals surface area contributed by atoms with Crippen molar-refractivity contribution >= 4 is 11.9 Å². The minimum absolute atomic E-state index is 0.0302. The number of carboxylic acids is 1. The number of carboxylic acid groups (broad SMARTS) is 1. The van der Waals surface area contributed by atoms with Crippen LogP contribution in [0.15, 0.2) is 12.1 Å². The van der Waals surface area contributed by atoms with Gasteiger partial charge in [-0.05, 0) is 25.5 Å². The van der Waals surface area contributed by atoms with Crippen LogP contribution in [-0.4, -0.2) is 34.9 Å². The molecule has 1 aromatic carbocycles. The van der Waals surface area contributed by atoms with Gasteiger partial charge in [-0.3, -0.25) is 0 Å². The first-order valence-corrected chi connectivity index (χ1v) is 5.93. The Morgan fingerprint density at radius 1 is 1.45 bits per heavy atom. The first-order valence-electron chi connectivity index (χ1n) is 5.93. The van der Waals surface area contributed by atoms with Gasteiger partial charge in [0, 0.05) is 5.56 Å². The van der Waals surface area contributed by atoms with E-state index in [4.69, 9.17) is 10.8 Å². The smallest absolute Gasteiger partial charge is 0.342 e. The lowest BCUT2D eigenvalue weighted by Crippen LogP contribution is -2.32. The minimum Gasteiger partial charge on any atom is -0.507 e. The molecule has 6 nitrogen and oxygen atoms in total. The number of ether oxygens (including phenoxy) is 1. The third-order valence-corrected chi connectivity index (χ3v) is 2.81. The lowest BCUT2D eigenvalue weighted by molar-refractivity contribution is -0.149. The predicted molar refractivity (Wildman–Crippen MR) is 68.3 cm³/mol. The zero-order valence-corrected chi connectivity index (χ0v) is 11.1. The molecular weight excluding hydrogens is 269 g/mol. The van der Waals surface area contributed by atoms with Gasteiger partial charge in [0.1, 0.15) is 5.75 Å². The van der Waals surface area contributed by atoms with E-state index in [-0.39, 0.29) is 17.7 Å². The molecule has 0 spiro atoms. The Bertz CT molecular complexity index is 532. The molecule has 0 heterocycles. The van der Waals surface area contributed by atoms with Crippen molar-refractivity contribution in [3.63, 3.8) is 0 Å². The Balaban J connectivity index is 3.26. The van der Waals surface area contributed by atoms with Crippen molar-refractivity contribution in [1.82, 2.24) is 0 Å². The number of benzene rings is 1. The van der Waals surface area contributed by atoms with Crippen molar-refractivity contribution in [2.75, 3.05) is 6.61 Å². The van der Waals surface area contributed by atoms with Gasteiger partial charge in [-0.2, -0.15) is 0 Å². The molecule has 0 saturated heterocycles. The van der Waals surface area contributed by atoms with E-state index in [1.807, 2.05) is 0 Å². The molecular formula is C13H16FNO5. The normalized spacial score (nSPS) is 13.6. The Hall–Kier alpha value is -2.15. The monoisotopic (exact) mass is 285 g/mol. The van der Waals surface area contributed by atoms with Crippen LogP contribution in [0.1, 0.15) is 34.5 Å². The maximum absolute atomic E-state index is 13.9. The second kappa shape index (κ2) is 6.33. The van der Waals surface area contributed by atoms with Crippen molar-refractivity contribution in [3.8, 4) is 5.75 Å². The lowest BCUT2D eigenvalue weighted by Gasteiger charge is -2.19. The van der Waals surface area contributed by atoms with E-state index in [0.29, 0.717) is 5.56 Å². The topological polar surface area (TPSA) is 110 Å². The maximum atomic E-state index is 13.9. The van der Waals surface area contributed by atoms with Gasteiger partial charge in [0.25, 0.3) is 0 Å². The summed E-state index contributed by atoms with van der Waals surface area (Å²) in [4.78, 5) is 22.4. The minimum atomic E-state index is -2.26. The average Bonchev–Trinajstić information content (AvgIpc) is 2.39. The number of phenolic OH excluding ortho intramolecular Hbond substituents is 1. The molecule has 20 heavy (non-hydrogen) atoms. The summed E-state index contributed by atoms with van der Waals surface area (Å²) in [6.45, 7) is 2.98. The molecule has 0 fully saturated rings. The van der Waals surface area contributed by atoms with Crippen LogP contribution in [-0.2, 0) is 9.53 Å². The molecule has 0 aliphatic rings. The van der Waals surface area contributed by atoms with Gasteiger partial charge >= 0.3 is 11.9 Å². The van der Waals surface area contributed by atoms with Gasteiger partial charge in [-0.15, -0.1) is 0 Å². The molecule has 1 aromatic rings. The fourth-order valence-corrected chi connectivity index (χ4v) is 1.76. The number of rotatable bonds is 5. The highest BCUT2D eigenvalue weighted by Gasteiger charge is 2.33. The first-order chi connectivity index (χ1) is 9.31. The summed E-state index contributed by atoms with van der Waals surface area (Å²) in [6, 6.07) is 0.942. The molecule has 7 heteroatoms. The summed E-state index contributed by atoms with van der Waals surface area (Å²) in [5, 5.41) is 18.9. The van der Waals surface area contributed by atoms with Crippen LogP contribution in [0.25, 0.3) is 0 Å². The van der Waals surface area contributed by atoms with Crippen LogP contribution < -0.4 is 5.73 Å². The molecule has 0 aromatic heterocycles. The van der Waals surface area contributed by atoms with Crippen LogP contribution in [0, 0.1) is 6.92 Å². The Morgan fingerprint density at radius 3 is 2.55 bits per heavy atom. The third-order valence-electron chi connectivity index (χ3n) is 2.81. The Labute approximate surface area is 115 Å². The van der Waals surface area contributed by atoms with Crippen LogP contribution in [0.2, 0.25) is 0 Å². The SMILES string of the molecule is CCOC(=O)C(F)[C@@H](N)c1c(C(=O)O)ccc(C)c1O. The molecule has 0 amide bonds. The number of phenols is 1. The van der Waals surface area contributed by atoms with Crippen molar-refractivity contribution in [2.45, 2.75) is 26.1 Å². The number of aromatic carboxylic acids is 1. The van der Waals surface area contributed by atoms with E-state index in [1.54, 1.807) is 0 Å². The standard InChI is InChI=1S/C13H16FNO5/c1-3-20-13(19)9(14)10(15)8-7(12(17)18)5-4-6(2)11(8)16/h4-5,9-10,16H,3,15H2,1-2H3,(H,17,18)/t9?,10-/m0/s1.